The molecule has 20 heavy (non-hydrogen) atoms. The fourth-order valence-corrected chi connectivity index (χ4v) is 3.71. The number of ether oxygens (including phenoxy) is 1. The van der Waals surface area contributed by atoms with E-state index < -0.39 is 5.54 Å². The van der Waals surface area contributed by atoms with Crippen molar-refractivity contribution in [2.45, 2.75) is 45.8 Å². The van der Waals surface area contributed by atoms with Gasteiger partial charge in [-0.05, 0) is 24.8 Å². The van der Waals surface area contributed by atoms with Crippen LogP contribution in [0.4, 0.5) is 0 Å². The van der Waals surface area contributed by atoms with Crippen LogP contribution in [-0.4, -0.2) is 35.9 Å². The lowest BCUT2D eigenvalue weighted by Gasteiger charge is -2.60. The van der Waals surface area contributed by atoms with Crippen LogP contribution in [0.25, 0.3) is 0 Å². The van der Waals surface area contributed by atoms with Crippen molar-refractivity contribution in [3.05, 3.63) is 21.9 Å². The molecule has 1 heterocycles. The van der Waals surface area contributed by atoms with E-state index in [0.29, 0.717) is 18.6 Å². The number of rotatable bonds is 5. The van der Waals surface area contributed by atoms with Gasteiger partial charge in [-0.15, -0.1) is 0 Å². The van der Waals surface area contributed by atoms with Gasteiger partial charge in [0.25, 0.3) is 5.91 Å². The van der Waals surface area contributed by atoms with Gasteiger partial charge in [0, 0.05) is 23.8 Å². The average molecular weight is 297 g/mol. The number of aliphatic hydroxyl groups excluding tert-OH is 1. The Balaban J connectivity index is 2.14. The van der Waals surface area contributed by atoms with E-state index in [0.717, 1.165) is 5.56 Å². The van der Waals surface area contributed by atoms with Crippen LogP contribution in [-0.2, 0) is 4.74 Å². The van der Waals surface area contributed by atoms with E-state index in [1.54, 1.807) is 0 Å². The summed E-state index contributed by atoms with van der Waals surface area (Å²) in [6, 6.07) is 0. The first kappa shape index (κ1) is 15.5. The molecule has 112 valence electrons. The van der Waals surface area contributed by atoms with Crippen LogP contribution < -0.4 is 5.32 Å². The zero-order chi connectivity index (χ0) is 15.0. The maximum atomic E-state index is 12.4. The number of hydrogen-bond acceptors (Lipinski definition) is 4. The molecule has 0 radical (unpaired) electrons. The highest BCUT2D eigenvalue weighted by Crippen LogP contribution is 2.51. The van der Waals surface area contributed by atoms with E-state index in [-0.39, 0.29) is 24.0 Å². The Morgan fingerprint density at radius 2 is 2.25 bits per heavy atom. The highest BCUT2D eigenvalue weighted by atomic mass is 32.1. The Labute approximate surface area is 124 Å². The molecule has 0 spiro atoms. The van der Waals surface area contributed by atoms with E-state index in [2.05, 4.69) is 5.32 Å². The van der Waals surface area contributed by atoms with Gasteiger partial charge in [0.15, 0.2) is 0 Å². The van der Waals surface area contributed by atoms with E-state index in [1.165, 1.54) is 11.3 Å². The van der Waals surface area contributed by atoms with Gasteiger partial charge in [0.05, 0.1) is 23.8 Å². The monoisotopic (exact) mass is 297 g/mol. The molecule has 5 heteroatoms. The lowest BCUT2D eigenvalue weighted by Crippen LogP contribution is -2.74. The highest BCUT2D eigenvalue weighted by molar-refractivity contribution is 7.08. The zero-order valence-corrected chi connectivity index (χ0v) is 13.3. The van der Waals surface area contributed by atoms with Crippen LogP contribution in [0.3, 0.4) is 0 Å². The van der Waals surface area contributed by atoms with Crippen LogP contribution in [0, 0.1) is 12.3 Å². The van der Waals surface area contributed by atoms with Gasteiger partial charge in [-0.25, -0.2) is 0 Å². The van der Waals surface area contributed by atoms with Crippen molar-refractivity contribution < 1.29 is 14.6 Å². The van der Waals surface area contributed by atoms with Crippen molar-refractivity contribution in [3.63, 3.8) is 0 Å². The molecule has 1 saturated carbocycles. The Morgan fingerprint density at radius 3 is 2.70 bits per heavy atom. The van der Waals surface area contributed by atoms with Crippen molar-refractivity contribution in [3.8, 4) is 0 Å². The molecule has 1 aromatic heterocycles. The number of carbonyl (C=O) groups excluding carboxylic acids is 1. The standard InChI is InChI=1S/C15H23NO3S/c1-5-19-12-6-15(9-17,14(12,3)4)16-13(18)11-8-20-7-10(11)2/h7-8,12,17H,5-6,9H2,1-4H3,(H,16,18)/t12-,15-/m1/s1. The molecule has 1 aromatic rings. The predicted octanol–water partition coefficient (Wildman–Crippen LogP) is 2.35. The SMILES string of the molecule is CCO[C@@H]1C[C@](CO)(NC(=O)c2cscc2C)C1(C)C. The fourth-order valence-electron chi connectivity index (χ4n) is 2.88. The van der Waals surface area contributed by atoms with Crippen molar-refractivity contribution in [1.82, 2.24) is 5.32 Å². The molecule has 0 unspecified atom stereocenters. The number of amides is 1. The largest absolute Gasteiger partial charge is 0.394 e. The summed E-state index contributed by atoms with van der Waals surface area (Å²) >= 11 is 1.51. The number of carbonyl (C=O) groups is 1. The van der Waals surface area contributed by atoms with E-state index in [1.807, 2.05) is 38.5 Å². The van der Waals surface area contributed by atoms with Crippen molar-refractivity contribution in [1.29, 1.82) is 0 Å². The van der Waals surface area contributed by atoms with Gasteiger partial charge in [0.1, 0.15) is 0 Å². The van der Waals surface area contributed by atoms with Gasteiger partial charge in [-0.3, -0.25) is 4.79 Å². The number of thiophene rings is 1. The maximum absolute atomic E-state index is 12.4. The molecule has 2 N–H and O–H groups in total. The molecule has 1 aliphatic rings. The summed E-state index contributed by atoms with van der Waals surface area (Å²) < 4.78 is 5.69. The molecule has 0 aromatic carbocycles. The van der Waals surface area contributed by atoms with E-state index in [4.69, 9.17) is 4.74 Å². The molecule has 1 fully saturated rings. The first-order valence-corrected chi connectivity index (χ1v) is 7.90. The third-order valence-electron chi connectivity index (χ3n) is 4.66. The van der Waals surface area contributed by atoms with Crippen LogP contribution in [0.5, 0.6) is 0 Å². The first-order valence-electron chi connectivity index (χ1n) is 6.95. The second kappa shape index (κ2) is 5.47. The number of aryl methyl sites for hydroxylation is 1. The summed E-state index contributed by atoms with van der Waals surface area (Å²) in [5.41, 5.74) is 0.785. The lowest BCUT2D eigenvalue weighted by molar-refractivity contribution is -0.172. The van der Waals surface area contributed by atoms with Crippen molar-refractivity contribution in [2.24, 2.45) is 5.41 Å². The molecule has 2 rings (SSSR count). The fraction of sp³-hybridized carbons (Fsp3) is 0.667. The molecule has 2 atom stereocenters. The minimum atomic E-state index is -0.599. The quantitative estimate of drug-likeness (QED) is 0.877. The Kier molecular flexibility index (Phi) is 4.23. The van der Waals surface area contributed by atoms with Gasteiger partial charge < -0.3 is 15.2 Å². The predicted molar refractivity (Wildman–Crippen MR) is 80.2 cm³/mol. The number of aliphatic hydroxyl groups is 1. The molecule has 0 bridgehead atoms. The van der Waals surface area contributed by atoms with Gasteiger partial charge in [0.2, 0.25) is 0 Å². The van der Waals surface area contributed by atoms with Gasteiger partial charge >= 0.3 is 0 Å². The molecule has 0 aliphatic heterocycles. The minimum Gasteiger partial charge on any atom is -0.394 e. The van der Waals surface area contributed by atoms with Crippen molar-refractivity contribution in [2.75, 3.05) is 13.2 Å². The van der Waals surface area contributed by atoms with Gasteiger partial charge in [-0.2, -0.15) is 11.3 Å². The van der Waals surface area contributed by atoms with Crippen LogP contribution >= 0.6 is 11.3 Å². The normalized spacial score (nSPS) is 27.9. The summed E-state index contributed by atoms with van der Waals surface area (Å²) in [4.78, 5) is 12.4. The number of nitrogens with one attached hydrogen (secondary N) is 1. The second-order valence-corrected chi connectivity index (χ2v) is 6.78. The lowest BCUT2D eigenvalue weighted by atomic mass is 9.54. The molecular formula is C15H23NO3S. The zero-order valence-electron chi connectivity index (χ0n) is 12.5. The molecule has 1 aliphatic carbocycles. The molecule has 1 amide bonds. The second-order valence-electron chi connectivity index (χ2n) is 6.03. The summed E-state index contributed by atoms with van der Waals surface area (Å²) in [6.45, 7) is 8.53. The Morgan fingerprint density at radius 1 is 1.55 bits per heavy atom. The molecule has 4 nitrogen and oxygen atoms in total. The highest BCUT2D eigenvalue weighted by Gasteiger charge is 2.61. The number of hydrogen-bond donors (Lipinski definition) is 2. The summed E-state index contributed by atoms with van der Waals surface area (Å²) in [5, 5.41) is 16.6. The first-order chi connectivity index (χ1) is 9.38. The third kappa shape index (κ3) is 2.28. The minimum absolute atomic E-state index is 0.0709. The van der Waals surface area contributed by atoms with Crippen molar-refractivity contribution >= 4 is 17.2 Å². The molecular weight excluding hydrogens is 274 g/mol. The maximum Gasteiger partial charge on any atom is 0.252 e. The van der Waals surface area contributed by atoms with E-state index >= 15 is 0 Å². The summed E-state index contributed by atoms with van der Waals surface area (Å²) in [7, 11) is 0. The summed E-state index contributed by atoms with van der Waals surface area (Å²) in [5.74, 6) is -0.110. The summed E-state index contributed by atoms with van der Waals surface area (Å²) in [6.07, 6.45) is 0.725. The van der Waals surface area contributed by atoms with Gasteiger partial charge in [-0.1, -0.05) is 13.8 Å². The smallest absolute Gasteiger partial charge is 0.252 e. The van der Waals surface area contributed by atoms with Crippen LogP contribution in [0.2, 0.25) is 0 Å². The average Bonchev–Trinajstić information content (AvgIpc) is 2.83. The topological polar surface area (TPSA) is 58.6 Å². The van der Waals surface area contributed by atoms with E-state index in [9.17, 15) is 9.90 Å². The Hall–Kier alpha value is -0.910. The third-order valence-corrected chi connectivity index (χ3v) is 5.52. The molecule has 0 saturated heterocycles. The van der Waals surface area contributed by atoms with Crippen LogP contribution in [0.15, 0.2) is 10.8 Å². The van der Waals surface area contributed by atoms with Crippen LogP contribution in [0.1, 0.15) is 43.1 Å². The Bertz CT molecular complexity index is 497.